The highest BCUT2D eigenvalue weighted by Gasteiger charge is 2.22. The van der Waals surface area contributed by atoms with E-state index in [1.807, 2.05) is 60.7 Å². The summed E-state index contributed by atoms with van der Waals surface area (Å²) in [5, 5.41) is 32.0. The van der Waals surface area contributed by atoms with E-state index in [0.29, 0.717) is 12.9 Å². The van der Waals surface area contributed by atoms with Crippen molar-refractivity contribution in [2.24, 2.45) is 5.73 Å². The Balaban J connectivity index is 0.00000132. The van der Waals surface area contributed by atoms with Crippen LogP contribution in [0.25, 0.3) is 0 Å². The first-order valence-electron chi connectivity index (χ1n) is 9.62. The van der Waals surface area contributed by atoms with Crippen LogP contribution in [0.1, 0.15) is 42.5 Å². The largest absolute Gasteiger partial charge is 0.451 e. The minimum atomic E-state index is -1.24. The lowest BCUT2D eigenvalue weighted by atomic mass is 9.83. The molecule has 0 aliphatic carbocycles. The molecule has 0 heterocycles. The average molecular weight is 400 g/mol. The summed E-state index contributed by atoms with van der Waals surface area (Å²) in [4.78, 5) is 16.2. The number of rotatable bonds is 11. The summed E-state index contributed by atoms with van der Waals surface area (Å²) in [6.45, 7) is 0.575. The molecule has 0 aromatic heterocycles. The fourth-order valence-corrected chi connectivity index (χ4v) is 3.03. The quantitative estimate of drug-likeness (QED) is 0.285. The van der Waals surface area contributed by atoms with Crippen molar-refractivity contribution in [1.29, 1.82) is 0 Å². The number of carbonyl (C=O) groups excluding carboxylic acids is 2. The highest BCUT2D eigenvalue weighted by atomic mass is 16.4. The molecule has 7 nitrogen and oxygen atoms in total. The Morgan fingerprint density at radius 2 is 1.45 bits per heavy atom. The second-order valence-electron chi connectivity index (χ2n) is 6.76. The highest BCUT2D eigenvalue weighted by molar-refractivity contribution is 6.40. The summed E-state index contributed by atoms with van der Waals surface area (Å²) in [5.41, 5.74) is 8.06. The maximum absolute atomic E-state index is 10.9. The molecule has 2 aromatic rings. The number of nitrogens with two attached hydrogens (primary N) is 1. The Labute approximate surface area is 171 Å². The number of hydrogen-bond acceptors (Lipinski definition) is 7. The van der Waals surface area contributed by atoms with Crippen LogP contribution in [0.2, 0.25) is 6.32 Å². The maximum atomic E-state index is 10.9. The summed E-state index contributed by atoms with van der Waals surface area (Å²) in [5.74, 6) is 0. The third-order valence-electron chi connectivity index (χ3n) is 4.50. The second kappa shape index (κ2) is 14.7. The zero-order valence-corrected chi connectivity index (χ0v) is 16.4. The van der Waals surface area contributed by atoms with Gasteiger partial charge in [-0.15, -0.1) is 0 Å². The molecule has 0 spiro atoms. The standard InChI is InChI=1S/C20H29BN2O3.CO2/c22-18(13-7-8-14-21(25)26)15-23-19(16-9-3-1-4-10-16)20(24)17-11-5-2-6-12-17;2-1-3/h1-6,9-12,18-20,23-26H,7-8,13-15,22H2;/t18?,19-,20+;/m1./s1. The molecule has 156 valence electrons. The lowest BCUT2D eigenvalue weighted by Crippen LogP contribution is -2.38. The van der Waals surface area contributed by atoms with Crippen molar-refractivity contribution in [3.05, 3.63) is 71.8 Å². The van der Waals surface area contributed by atoms with Gasteiger partial charge in [0.1, 0.15) is 0 Å². The molecule has 2 rings (SSSR count). The molecular formula is C21H29BN2O5. The molecule has 8 heteroatoms. The molecule has 29 heavy (non-hydrogen) atoms. The first-order chi connectivity index (χ1) is 14.0. The first kappa shape index (κ1) is 24.7. The van der Waals surface area contributed by atoms with Crippen LogP contribution in [0.3, 0.4) is 0 Å². The normalized spacial score (nSPS) is 13.4. The minimum Gasteiger partial charge on any atom is -0.427 e. The van der Waals surface area contributed by atoms with Gasteiger partial charge >= 0.3 is 13.3 Å². The molecular weight excluding hydrogens is 371 g/mol. The van der Waals surface area contributed by atoms with Crippen LogP contribution in [0, 0.1) is 0 Å². The van der Waals surface area contributed by atoms with Crippen molar-refractivity contribution in [2.45, 2.75) is 43.8 Å². The predicted octanol–water partition coefficient (Wildman–Crippen LogP) is 1.44. The van der Waals surface area contributed by atoms with Gasteiger partial charge in [-0.05, 0) is 23.9 Å². The van der Waals surface area contributed by atoms with E-state index in [9.17, 15) is 5.11 Å². The lowest BCUT2D eigenvalue weighted by Gasteiger charge is -2.26. The molecule has 0 radical (unpaired) electrons. The van der Waals surface area contributed by atoms with Gasteiger partial charge in [0.25, 0.3) is 0 Å². The lowest BCUT2D eigenvalue weighted by molar-refractivity contribution is -0.191. The van der Waals surface area contributed by atoms with Gasteiger partial charge in [0.05, 0.1) is 12.1 Å². The van der Waals surface area contributed by atoms with Crippen LogP contribution in [-0.4, -0.2) is 41.0 Å². The van der Waals surface area contributed by atoms with Crippen LogP contribution in [0.5, 0.6) is 0 Å². The van der Waals surface area contributed by atoms with Gasteiger partial charge in [-0.1, -0.05) is 73.5 Å². The van der Waals surface area contributed by atoms with E-state index >= 15 is 0 Å². The van der Waals surface area contributed by atoms with Crippen molar-refractivity contribution in [3.63, 3.8) is 0 Å². The Morgan fingerprint density at radius 1 is 0.931 bits per heavy atom. The number of hydrogen-bond donors (Lipinski definition) is 5. The van der Waals surface area contributed by atoms with E-state index < -0.39 is 13.2 Å². The Morgan fingerprint density at radius 3 is 1.97 bits per heavy atom. The molecule has 0 amide bonds. The van der Waals surface area contributed by atoms with Crippen molar-refractivity contribution in [2.75, 3.05) is 6.54 Å². The molecule has 0 aliphatic heterocycles. The first-order valence-corrected chi connectivity index (χ1v) is 9.62. The average Bonchev–Trinajstić information content (AvgIpc) is 2.73. The van der Waals surface area contributed by atoms with E-state index in [4.69, 9.17) is 25.4 Å². The van der Waals surface area contributed by atoms with Crippen molar-refractivity contribution >= 4 is 13.3 Å². The molecule has 1 unspecified atom stereocenters. The predicted molar refractivity (Wildman–Crippen MR) is 110 cm³/mol. The smallest absolute Gasteiger partial charge is 0.427 e. The molecule has 6 N–H and O–H groups in total. The third-order valence-corrected chi connectivity index (χ3v) is 4.50. The fourth-order valence-electron chi connectivity index (χ4n) is 3.03. The Kier molecular flexibility index (Phi) is 12.5. The van der Waals surface area contributed by atoms with E-state index in [0.717, 1.165) is 30.4 Å². The van der Waals surface area contributed by atoms with Crippen LogP contribution in [0.4, 0.5) is 0 Å². The molecule has 0 bridgehead atoms. The number of benzene rings is 2. The summed E-state index contributed by atoms with van der Waals surface area (Å²) in [6.07, 6.45) is 2.33. The summed E-state index contributed by atoms with van der Waals surface area (Å²) >= 11 is 0. The van der Waals surface area contributed by atoms with Gasteiger partial charge in [-0.2, -0.15) is 9.59 Å². The number of unbranched alkanes of at least 4 members (excludes halogenated alkanes) is 1. The van der Waals surface area contributed by atoms with Crippen molar-refractivity contribution in [1.82, 2.24) is 5.32 Å². The van der Waals surface area contributed by atoms with Gasteiger partial charge in [0.15, 0.2) is 0 Å². The summed E-state index contributed by atoms with van der Waals surface area (Å²) in [6, 6.07) is 19.2. The van der Waals surface area contributed by atoms with E-state index in [1.54, 1.807) is 0 Å². The Hall–Kier alpha value is -2.32. The Bertz CT molecular complexity index is 697. The molecule has 0 saturated heterocycles. The second-order valence-corrected chi connectivity index (χ2v) is 6.76. The van der Waals surface area contributed by atoms with Crippen molar-refractivity contribution < 1.29 is 24.7 Å². The fraction of sp³-hybridized carbons (Fsp3) is 0.381. The molecule has 3 atom stereocenters. The monoisotopic (exact) mass is 400 g/mol. The summed E-state index contributed by atoms with van der Waals surface area (Å²) < 4.78 is 0. The zero-order valence-electron chi connectivity index (χ0n) is 16.4. The number of aliphatic hydroxyl groups is 1. The van der Waals surface area contributed by atoms with Crippen LogP contribution >= 0.6 is 0 Å². The van der Waals surface area contributed by atoms with Crippen LogP contribution in [-0.2, 0) is 9.59 Å². The molecule has 2 aromatic carbocycles. The minimum absolute atomic E-state index is 0.0555. The van der Waals surface area contributed by atoms with Gasteiger partial charge in [0, 0.05) is 12.6 Å². The zero-order chi connectivity index (χ0) is 21.5. The van der Waals surface area contributed by atoms with E-state index in [2.05, 4.69) is 5.32 Å². The topological polar surface area (TPSA) is 133 Å². The highest BCUT2D eigenvalue weighted by Crippen LogP contribution is 2.28. The van der Waals surface area contributed by atoms with E-state index in [1.165, 1.54) is 0 Å². The van der Waals surface area contributed by atoms with Crippen LogP contribution in [0.15, 0.2) is 60.7 Å². The van der Waals surface area contributed by atoms with Gasteiger partial charge in [0.2, 0.25) is 0 Å². The number of nitrogens with one attached hydrogen (secondary N) is 1. The summed E-state index contributed by atoms with van der Waals surface area (Å²) in [7, 11) is -1.24. The molecule has 0 aliphatic rings. The van der Waals surface area contributed by atoms with Gasteiger partial charge < -0.3 is 26.2 Å². The third kappa shape index (κ3) is 10.1. The molecule has 0 saturated carbocycles. The maximum Gasteiger partial charge on any atom is 0.451 e. The van der Waals surface area contributed by atoms with E-state index in [-0.39, 0.29) is 18.2 Å². The molecule has 0 fully saturated rings. The van der Waals surface area contributed by atoms with Crippen molar-refractivity contribution in [3.8, 4) is 0 Å². The number of aliphatic hydroxyl groups excluding tert-OH is 1. The van der Waals surface area contributed by atoms with Gasteiger partial charge in [-0.25, -0.2) is 0 Å². The van der Waals surface area contributed by atoms with Gasteiger partial charge in [-0.3, -0.25) is 0 Å². The van der Waals surface area contributed by atoms with Crippen LogP contribution < -0.4 is 11.1 Å². The SMILES string of the molecule is NC(CCCCB(O)O)CN[C@H](c1ccccc1)[C@@H](O)c1ccccc1.O=C=O.